The number of carbonyl (C=O) groups is 1. The van der Waals surface area contributed by atoms with Gasteiger partial charge in [0.05, 0.1) is 16.7 Å². The maximum absolute atomic E-state index is 11.8. The van der Waals surface area contributed by atoms with Crippen molar-refractivity contribution >= 4 is 29.0 Å². The van der Waals surface area contributed by atoms with Crippen molar-refractivity contribution in [2.45, 2.75) is 24.0 Å². The van der Waals surface area contributed by atoms with Crippen LogP contribution in [-0.2, 0) is 9.53 Å². The zero-order valence-corrected chi connectivity index (χ0v) is 13.7. The first-order chi connectivity index (χ1) is 10.8. The third kappa shape index (κ3) is 4.28. The molecule has 1 aliphatic heterocycles. The van der Waals surface area contributed by atoms with Gasteiger partial charge in [-0.1, -0.05) is 17.8 Å². The molecule has 0 saturated carbocycles. The number of hydrogen-bond donors (Lipinski definition) is 1. The summed E-state index contributed by atoms with van der Waals surface area (Å²) in [7, 11) is 0. The van der Waals surface area contributed by atoms with Crippen molar-refractivity contribution in [1.82, 2.24) is 15.5 Å². The van der Waals surface area contributed by atoms with Crippen molar-refractivity contribution in [2.24, 2.45) is 0 Å². The van der Waals surface area contributed by atoms with Crippen LogP contribution in [0.2, 0.25) is 0 Å². The first-order valence-corrected chi connectivity index (χ1v) is 9.06. The van der Waals surface area contributed by atoms with Gasteiger partial charge < -0.3 is 10.1 Å². The van der Waals surface area contributed by atoms with Crippen LogP contribution in [0.15, 0.2) is 34.7 Å². The van der Waals surface area contributed by atoms with E-state index in [1.165, 1.54) is 11.8 Å². The third-order valence-electron chi connectivity index (χ3n) is 3.32. The molecule has 1 fully saturated rings. The number of aromatic nitrogens is 2. The molecular formula is C15H17N3O2S2. The Labute approximate surface area is 137 Å². The van der Waals surface area contributed by atoms with Gasteiger partial charge in [0, 0.05) is 13.2 Å². The smallest absolute Gasteiger partial charge is 0.230 e. The van der Waals surface area contributed by atoms with Gasteiger partial charge in [0.15, 0.2) is 0 Å². The lowest BCUT2D eigenvalue weighted by molar-refractivity contribution is -0.119. The molecule has 3 rings (SSSR count). The number of thioether (sulfide) groups is 1. The summed E-state index contributed by atoms with van der Waals surface area (Å²) in [5.41, 5.74) is 0.863. The topological polar surface area (TPSA) is 64.1 Å². The second-order valence-corrected chi connectivity index (χ2v) is 6.91. The number of rotatable bonds is 6. The zero-order chi connectivity index (χ0) is 15.2. The summed E-state index contributed by atoms with van der Waals surface area (Å²) >= 11 is 3.03. The van der Waals surface area contributed by atoms with E-state index < -0.39 is 0 Å². The van der Waals surface area contributed by atoms with E-state index in [4.69, 9.17) is 4.74 Å². The lowest BCUT2D eigenvalue weighted by Gasteiger charge is -2.10. The van der Waals surface area contributed by atoms with Gasteiger partial charge in [0.1, 0.15) is 10.7 Å². The van der Waals surface area contributed by atoms with Crippen molar-refractivity contribution in [2.75, 3.05) is 18.9 Å². The summed E-state index contributed by atoms with van der Waals surface area (Å²) in [5, 5.41) is 14.0. The van der Waals surface area contributed by atoms with Crippen LogP contribution in [0.1, 0.15) is 12.8 Å². The van der Waals surface area contributed by atoms with Gasteiger partial charge in [-0.15, -0.1) is 21.5 Å². The Balaban J connectivity index is 1.43. The molecule has 2 aromatic rings. The van der Waals surface area contributed by atoms with E-state index >= 15 is 0 Å². The Bertz CT molecular complexity index is 596. The Morgan fingerprint density at radius 1 is 1.41 bits per heavy atom. The Morgan fingerprint density at radius 3 is 3.05 bits per heavy atom. The molecule has 1 aliphatic rings. The number of hydrogen-bond acceptors (Lipinski definition) is 6. The molecule has 1 atom stereocenters. The summed E-state index contributed by atoms with van der Waals surface area (Å²) in [6.45, 7) is 1.41. The fourth-order valence-corrected chi connectivity index (χ4v) is 3.51. The van der Waals surface area contributed by atoms with Crippen LogP contribution < -0.4 is 5.32 Å². The quantitative estimate of drug-likeness (QED) is 0.822. The van der Waals surface area contributed by atoms with Gasteiger partial charge >= 0.3 is 0 Å². The molecule has 22 heavy (non-hydrogen) atoms. The Hall–Kier alpha value is -1.44. The zero-order valence-electron chi connectivity index (χ0n) is 12.0. The van der Waals surface area contributed by atoms with Crippen LogP contribution in [-0.4, -0.2) is 41.1 Å². The third-order valence-corrected chi connectivity index (χ3v) is 5.13. The van der Waals surface area contributed by atoms with Gasteiger partial charge in [-0.25, -0.2) is 0 Å². The summed E-state index contributed by atoms with van der Waals surface area (Å²) < 4.78 is 5.47. The summed E-state index contributed by atoms with van der Waals surface area (Å²) in [6.07, 6.45) is 2.30. The van der Waals surface area contributed by atoms with Gasteiger partial charge in [-0.3, -0.25) is 4.79 Å². The molecule has 1 N–H and O–H groups in total. The highest BCUT2D eigenvalue weighted by Gasteiger charge is 2.16. The number of ether oxygens (including phenoxy) is 1. The molecule has 1 saturated heterocycles. The highest BCUT2D eigenvalue weighted by molar-refractivity contribution is 7.99. The van der Waals surface area contributed by atoms with Crippen LogP contribution in [0.3, 0.4) is 0 Å². The first-order valence-electron chi connectivity index (χ1n) is 7.20. The summed E-state index contributed by atoms with van der Waals surface area (Å²) in [5.74, 6) is 0.351. The maximum Gasteiger partial charge on any atom is 0.230 e. The Kier molecular flexibility index (Phi) is 5.42. The van der Waals surface area contributed by atoms with Crippen LogP contribution in [0.25, 0.3) is 10.6 Å². The lowest BCUT2D eigenvalue weighted by atomic mass is 10.2. The molecule has 0 radical (unpaired) electrons. The molecule has 7 heteroatoms. The van der Waals surface area contributed by atoms with Crippen molar-refractivity contribution < 1.29 is 9.53 Å². The number of thiophene rings is 1. The SMILES string of the molecule is O=C(CSc1ccc(-c2cccs2)nn1)NCC1CCCO1. The van der Waals surface area contributed by atoms with Crippen molar-refractivity contribution in [3.05, 3.63) is 29.6 Å². The molecule has 2 aromatic heterocycles. The normalized spacial score (nSPS) is 17.5. The maximum atomic E-state index is 11.8. The van der Waals surface area contributed by atoms with Crippen LogP contribution in [0.4, 0.5) is 0 Å². The van der Waals surface area contributed by atoms with E-state index in [9.17, 15) is 4.79 Å². The second-order valence-electron chi connectivity index (χ2n) is 4.96. The number of carbonyl (C=O) groups excluding carboxylic acids is 1. The van der Waals surface area contributed by atoms with Gasteiger partial charge in [-0.05, 0) is 36.4 Å². The van der Waals surface area contributed by atoms with E-state index in [-0.39, 0.29) is 12.0 Å². The molecule has 0 bridgehead atoms. The summed E-state index contributed by atoms with van der Waals surface area (Å²) in [6, 6.07) is 7.84. The van der Waals surface area contributed by atoms with Gasteiger partial charge in [0.2, 0.25) is 5.91 Å². The second kappa shape index (κ2) is 7.71. The van der Waals surface area contributed by atoms with Crippen LogP contribution in [0.5, 0.6) is 0 Å². The van der Waals surface area contributed by atoms with Crippen LogP contribution in [0, 0.1) is 0 Å². The lowest BCUT2D eigenvalue weighted by Crippen LogP contribution is -2.32. The number of nitrogens with one attached hydrogen (secondary N) is 1. The monoisotopic (exact) mass is 335 g/mol. The molecular weight excluding hydrogens is 318 g/mol. The molecule has 3 heterocycles. The molecule has 0 aromatic carbocycles. The van der Waals surface area contributed by atoms with Gasteiger partial charge in [0.25, 0.3) is 0 Å². The summed E-state index contributed by atoms with van der Waals surface area (Å²) in [4.78, 5) is 12.9. The fraction of sp³-hybridized carbons (Fsp3) is 0.400. The highest BCUT2D eigenvalue weighted by Crippen LogP contribution is 2.23. The molecule has 1 amide bonds. The number of nitrogens with zero attached hydrogens (tertiary/aromatic N) is 2. The van der Waals surface area contributed by atoms with E-state index in [0.717, 1.165) is 35.0 Å². The van der Waals surface area contributed by atoms with E-state index in [1.807, 2.05) is 29.6 Å². The molecule has 5 nitrogen and oxygen atoms in total. The first kappa shape index (κ1) is 15.5. The van der Waals surface area contributed by atoms with Crippen molar-refractivity contribution in [1.29, 1.82) is 0 Å². The molecule has 116 valence electrons. The van der Waals surface area contributed by atoms with Crippen LogP contribution >= 0.6 is 23.1 Å². The predicted molar refractivity (Wildman–Crippen MR) is 88.1 cm³/mol. The van der Waals surface area contributed by atoms with E-state index in [2.05, 4.69) is 15.5 Å². The van der Waals surface area contributed by atoms with Crippen molar-refractivity contribution in [3.63, 3.8) is 0 Å². The Morgan fingerprint density at radius 2 is 2.36 bits per heavy atom. The minimum Gasteiger partial charge on any atom is -0.376 e. The molecule has 0 spiro atoms. The average Bonchev–Trinajstić information content (AvgIpc) is 3.24. The van der Waals surface area contributed by atoms with Gasteiger partial charge in [-0.2, -0.15) is 0 Å². The molecule has 0 aliphatic carbocycles. The minimum absolute atomic E-state index is 0.00429. The van der Waals surface area contributed by atoms with Crippen molar-refractivity contribution in [3.8, 4) is 10.6 Å². The standard InChI is InChI=1S/C15H17N3O2S2/c19-14(16-9-11-3-1-7-20-11)10-22-15-6-5-12(17-18-15)13-4-2-8-21-13/h2,4-6,8,11H,1,3,7,9-10H2,(H,16,19). The highest BCUT2D eigenvalue weighted by atomic mass is 32.2. The number of amides is 1. The average molecular weight is 335 g/mol. The largest absolute Gasteiger partial charge is 0.376 e. The minimum atomic E-state index is 0.00429. The molecule has 1 unspecified atom stereocenters. The van der Waals surface area contributed by atoms with E-state index in [1.54, 1.807) is 11.3 Å². The predicted octanol–water partition coefficient (Wildman–Crippen LogP) is 2.59. The fourth-order valence-electron chi connectivity index (χ4n) is 2.18. The van der Waals surface area contributed by atoms with E-state index in [0.29, 0.717) is 12.3 Å².